The second kappa shape index (κ2) is 7.61. The highest BCUT2D eigenvalue weighted by atomic mass is 19.1. The molecule has 0 heterocycles. The molecule has 0 aliphatic heterocycles. The van der Waals surface area contributed by atoms with Gasteiger partial charge in [0, 0.05) is 19.5 Å². The molecule has 20 heavy (non-hydrogen) atoms. The zero-order valence-corrected chi connectivity index (χ0v) is 11.8. The van der Waals surface area contributed by atoms with E-state index in [4.69, 9.17) is 5.26 Å². The number of Topliss-reactive ketones (excluding diaryl/α,β-unsaturated/α-hetero) is 1. The van der Waals surface area contributed by atoms with E-state index in [1.54, 1.807) is 0 Å². The van der Waals surface area contributed by atoms with Gasteiger partial charge < -0.3 is 5.11 Å². The fraction of sp³-hybridized carbons (Fsp3) is 0.467. The number of carbonyl (C=O) groups is 1. The summed E-state index contributed by atoms with van der Waals surface area (Å²) in [6.07, 6.45) is 0.329. The number of nitrogens with zero attached hydrogens (tertiary/aromatic N) is 2. The van der Waals surface area contributed by atoms with Gasteiger partial charge in [-0.05, 0) is 24.1 Å². The molecule has 0 aliphatic carbocycles. The van der Waals surface area contributed by atoms with Gasteiger partial charge in [0.05, 0.1) is 18.2 Å². The number of carbonyl (C=O) groups excluding carboxylic acids is 1. The lowest BCUT2D eigenvalue weighted by Crippen LogP contribution is -2.34. The van der Waals surface area contributed by atoms with Crippen molar-refractivity contribution in [3.8, 4) is 11.8 Å². The van der Waals surface area contributed by atoms with Gasteiger partial charge in [-0.15, -0.1) is 0 Å². The van der Waals surface area contributed by atoms with Crippen molar-refractivity contribution in [2.75, 3.05) is 19.6 Å². The maximum Gasteiger partial charge on any atom is 0.180 e. The van der Waals surface area contributed by atoms with E-state index in [0.717, 1.165) is 12.1 Å². The third kappa shape index (κ3) is 4.98. The molecule has 0 atom stereocenters. The van der Waals surface area contributed by atoms with Gasteiger partial charge in [-0.3, -0.25) is 9.69 Å². The van der Waals surface area contributed by atoms with Crippen LogP contribution in [-0.4, -0.2) is 35.4 Å². The second-order valence-corrected chi connectivity index (χ2v) is 5.12. The summed E-state index contributed by atoms with van der Waals surface area (Å²) in [7, 11) is 0. The highest BCUT2D eigenvalue weighted by Gasteiger charge is 2.17. The maximum absolute atomic E-state index is 13.1. The van der Waals surface area contributed by atoms with E-state index in [0.29, 0.717) is 25.4 Å². The zero-order chi connectivity index (χ0) is 15.1. The van der Waals surface area contributed by atoms with Crippen molar-refractivity contribution in [2.45, 2.75) is 20.3 Å². The lowest BCUT2D eigenvalue weighted by Gasteiger charge is -2.22. The minimum Gasteiger partial charge on any atom is -0.507 e. The summed E-state index contributed by atoms with van der Waals surface area (Å²) in [5, 5.41) is 18.2. The van der Waals surface area contributed by atoms with E-state index in [9.17, 15) is 14.3 Å². The molecule has 0 spiro atoms. The molecule has 0 fully saturated rings. The Kier molecular flexibility index (Phi) is 6.13. The number of halogens is 1. The van der Waals surface area contributed by atoms with Crippen molar-refractivity contribution in [1.29, 1.82) is 5.26 Å². The average Bonchev–Trinajstić information content (AvgIpc) is 2.38. The number of aromatic hydroxyl groups is 1. The first-order valence-electron chi connectivity index (χ1n) is 6.55. The summed E-state index contributed by atoms with van der Waals surface area (Å²) in [4.78, 5) is 14.0. The van der Waals surface area contributed by atoms with Crippen LogP contribution in [0.25, 0.3) is 0 Å². The minimum atomic E-state index is -0.557. The number of phenolic OH excluding ortho intramolecular Hbond substituents is 1. The molecule has 0 saturated carbocycles. The van der Waals surface area contributed by atoms with Crippen LogP contribution in [0.4, 0.5) is 4.39 Å². The number of hydrogen-bond acceptors (Lipinski definition) is 4. The van der Waals surface area contributed by atoms with Crippen LogP contribution in [0.3, 0.4) is 0 Å². The highest BCUT2D eigenvalue weighted by molar-refractivity contribution is 6.00. The van der Waals surface area contributed by atoms with Gasteiger partial charge in [-0.25, -0.2) is 4.39 Å². The van der Waals surface area contributed by atoms with Crippen molar-refractivity contribution in [3.05, 3.63) is 29.6 Å². The van der Waals surface area contributed by atoms with Crippen LogP contribution in [0.5, 0.6) is 5.75 Å². The monoisotopic (exact) mass is 278 g/mol. The van der Waals surface area contributed by atoms with Gasteiger partial charge in [0.25, 0.3) is 0 Å². The van der Waals surface area contributed by atoms with E-state index in [1.807, 2.05) is 24.8 Å². The van der Waals surface area contributed by atoms with Gasteiger partial charge in [-0.1, -0.05) is 13.8 Å². The lowest BCUT2D eigenvalue weighted by molar-refractivity contribution is 0.0920. The van der Waals surface area contributed by atoms with Crippen LogP contribution >= 0.6 is 0 Å². The maximum atomic E-state index is 13.1. The number of nitriles is 1. The topological polar surface area (TPSA) is 64.3 Å². The molecule has 0 aromatic heterocycles. The van der Waals surface area contributed by atoms with Crippen LogP contribution in [0, 0.1) is 23.1 Å². The van der Waals surface area contributed by atoms with Crippen molar-refractivity contribution in [3.63, 3.8) is 0 Å². The third-order valence-corrected chi connectivity index (χ3v) is 2.79. The summed E-state index contributed by atoms with van der Waals surface area (Å²) < 4.78 is 13.1. The van der Waals surface area contributed by atoms with Crippen molar-refractivity contribution in [1.82, 2.24) is 4.90 Å². The summed E-state index contributed by atoms with van der Waals surface area (Å²) in [5.74, 6) is -0.775. The van der Waals surface area contributed by atoms with Crippen LogP contribution < -0.4 is 0 Å². The number of hydrogen-bond donors (Lipinski definition) is 1. The molecule has 0 unspecified atom stereocenters. The molecule has 0 radical (unpaired) electrons. The first-order valence-corrected chi connectivity index (χ1v) is 6.55. The Morgan fingerprint density at radius 1 is 1.50 bits per heavy atom. The fourth-order valence-electron chi connectivity index (χ4n) is 1.98. The SMILES string of the molecule is CC(C)CN(CCC#N)CC(=O)c1cc(F)ccc1O. The summed E-state index contributed by atoms with van der Waals surface area (Å²) in [6.45, 7) is 5.25. The van der Waals surface area contributed by atoms with Crippen LogP contribution in [-0.2, 0) is 0 Å². The Balaban J connectivity index is 2.79. The molecular formula is C15H19FN2O2. The van der Waals surface area contributed by atoms with Gasteiger partial charge in [-0.2, -0.15) is 5.26 Å². The Hall–Kier alpha value is -1.93. The molecule has 4 nitrogen and oxygen atoms in total. The lowest BCUT2D eigenvalue weighted by atomic mass is 10.1. The number of rotatable bonds is 7. The number of ketones is 1. The predicted molar refractivity (Wildman–Crippen MR) is 73.9 cm³/mol. The largest absolute Gasteiger partial charge is 0.507 e. The number of benzene rings is 1. The van der Waals surface area contributed by atoms with E-state index >= 15 is 0 Å². The fourth-order valence-corrected chi connectivity index (χ4v) is 1.98. The predicted octanol–water partition coefficient (Wildman–Crippen LogP) is 2.59. The molecule has 1 rings (SSSR count). The minimum absolute atomic E-state index is 0.0179. The quantitative estimate of drug-likeness (QED) is 0.779. The standard InChI is InChI=1S/C15H19FN2O2/c1-11(2)9-18(7-3-6-17)10-15(20)13-8-12(16)4-5-14(13)19/h4-5,8,11,19H,3,7,9-10H2,1-2H3. The molecule has 1 aromatic carbocycles. The third-order valence-electron chi connectivity index (χ3n) is 2.79. The van der Waals surface area contributed by atoms with Gasteiger partial charge in [0.2, 0.25) is 0 Å². The summed E-state index contributed by atoms with van der Waals surface area (Å²) in [5.41, 5.74) is -0.0179. The van der Waals surface area contributed by atoms with Crippen LogP contribution in [0.15, 0.2) is 18.2 Å². The smallest absolute Gasteiger partial charge is 0.180 e. The first kappa shape index (κ1) is 16.1. The van der Waals surface area contributed by atoms with E-state index in [1.165, 1.54) is 6.07 Å². The molecule has 1 N–H and O–H groups in total. The Morgan fingerprint density at radius 2 is 2.20 bits per heavy atom. The Morgan fingerprint density at radius 3 is 2.80 bits per heavy atom. The molecule has 0 amide bonds. The van der Waals surface area contributed by atoms with Crippen LogP contribution in [0.2, 0.25) is 0 Å². The molecule has 0 aliphatic rings. The average molecular weight is 278 g/mol. The van der Waals surface area contributed by atoms with Crippen molar-refractivity contribution >= 4 is 5.78 Å². The summed E-state index contributed by atoms with van der Waals surface area (Å²) in [6, 6.07) is 5.36. The molecule has 1 aromatic rings. The second-order valence-electron chi connectivity index (χ2n) is 5.12. The van der Waals surface area contributed by atoms with E-state index < -0.39 is 5.82 Å². The Bertz CT molecular complexity index is 509. The number of phenols is 1. The zero-order valence-electron chi connectivity index (χ0n) is 11.8. The molecule has 5 heteroatoms. The van der Waals surface area contributed by atoms with Gasteiger partial charge in [0.15, 0.2) is 5.78 Å². The van der Waals surface area contributed by atoms with E-state index in [2.05, 4.69) is 0 Å². The molecule has 0 saturated heterocycles. The van der Waals surface area contributed by atoms with Crippen LogP contribution in [0.1, 0.15) is 30.6 Å². The molecule has 108 valence electrons. The normalized spacial score (nSPS) is 10.8. The van der Waals surface area contributed by atoms with Crippen molar-refractivity contribution in [2.24, 2.45) is 5.92 Å². The summed E-state index contributed by atoms with van der Waals surface area (Å²) >= 11 is 0. The molecule has 0 bridgehead atoms. The first-order chi connectivity index (χ1) is 9.43. The van der Waals surface area contributed by atoms with Crippen molar-refractivity contribution < 1.29 is 14.3 Å². The highest BCUT2D eigenvalue weighted by Crippen LogP contribution is 2.19. The van der Waals surface area contributed by atoms with Gasteiger partial charge >= 0.3 is 0 Å². The van der Waals surface area contributed by atoms with Gasteiger partial charge in [0.1, 0.15) is 11.6 Å². The molecular weight excluding hydrogens is 259 g/mol. The Labute approximate surface area is 118 Å². The van der Waals surface area contributed by atoms with E-state index in [-0.39, 0.29) is 23.6 Å².